The SMILES string of the molecule is N#CC1(CC(=O)[C@H](CC(F)(F)Cc2ccccc2)NC(=O)N2CCNCC2)CC1. The number of alkyl halides is 2. The quantitative estimate of drug-likeness (QED) is 0.697. The van der Waals surface area contributed by atoms with Crippen molar-refractivity contribution in [1.29, 1.82) is 5.26 Å². The largest absolute Gasteiger partial charge is 0.328 e. The molecule has 1 saturated heterocycles. The third kappa shape index (κ3) is 5.97. The van der Waals surface area contributed by atoms with Crippen LogP contribution in [0.5, 0.6) is 0 Å². The number of nitrogens with zero attached hydrogens (tertiary/aromatic N) is 2. The van der Waals surface area contributed by atoms with Gasteiger partial charge in [-0.05, 0) is 18.4 Å². The summed E-state index contributed by atoms with van der Waals surface area (Å²) in [6.07, 6.45) is -0.204. The number of hydrogen-bond acceptors (Lipinski definition) is 4. The van der Waals surface area contributed by atoms with Gasteiger partial charge in [0.25, 0.3) is 5.92 Å². The van der Waals surface area contributed by atoms with E-state index in [2.05, 4.69) is 16.7 Å². The molecule has 0 aromatic heterocycles. The van der Waals surface area contributed by atoms with Crippen LogP contribution < -0.4 is 10.6 Å². The van der Waals surface area contributed by atoms with Gasteiger partial charge in [-0.3, -0.25) is 4.79 Å². The number of Topliss-reactive ketones (excluding diaryl/α,β-unsaturated/α-hetero) is 1. The Morgan fingerprint density at radius 1 is 1.24 bits per heavy atom. The topological polar surface area (TPSA) is 85.2 Å². The van der Waals surface area contributed by atoms with Crippen molar-refractivity contribution >= 4 is 11.8 Å². The third-order valence-electron chi connectivity index (χ3n) is 5.50. The van der Waals surface area contributed by atoms with E-state index in [0.29, 0.717) is 44.6 Å². The van der Waals surface area contributed by atoms with Gasteiger partial charge in [0.2, 0.25) is 0 Å². The molecule has 1 atom stereocenters. The molecule has 1 aliphatic carbocycles. The molecular weight excluding hydrogens is 378 g/mol. The van der Waals surface area contributed by atoms with Gasteiger partial charge in [0.1, 0.15) is 0 Å². The van der Waals surface area contributed by atoms with Crippen molar-refractivity contribution < 1.29 is 18.4 Å². The fourth-order valence-corrected chi connectivity index (χ4v) is 3.55. The lowest BCUT2D eigenvalue weighted by atomic mass is 9.92. The summed E-state index contributed by atoms with van der Waals surface area (Å²) in [5, 5.41) is 14.9. The zero-order valence-corrected chi connectivity index (χ0v) is 16.3. The molecule has 2 N–H and O–H groups in total. The molecule has 0 radical (unpaired) electrons. The van der Waals surface area contributed by atoms with Gasteiger partial charge in [0.05, 0.1) is 17.5 Å². The number of amides is 2. The molecule has 6 nitrogen and oxygen atoms in total. The zero-order chi connectivity index (χ0) is 20.9. The summed E-state index contributed by atoms with van der Waals surface area (Å²) < 4.78 is 29.5. The average Bonchev–Trinajstić information content (AvgIpc) is 3.48. The minimum atomic E-state index is -3.16. The number of urea groups is 1. The smallest absolute Gasteiger partial charge is 0.318 e. The Morgan fingerprint density at radius 3 is 2.48 bits per heavy atom. The van der Waals surface area contributed by atoms with Gasteiger partial charge in [-0.25, -0.2) is 13.6 Å². The maximum atomic E-state index is 14.8. The molecule has 0 bridgehead atoms. The fourth-order valence-electron chi connectivity index (χ4n) is 3.55. The van der Waals surface area contributed by atoms with Crippen molar-refractivity contribution in [3.05, 3.63) is 35.9 Å². The molecule has 1 aliphatic heterocycles. The van der Waals surface area contributed by atoms with Crippen LogP contribution in [0.4, 0.5) is 13.6 Å². The van der Waals surface area contributed by atoms with Crippen molar-refractivity contribution in [2.24, 2.45) is 5.41 Å². The summed E-state index contributed by atoms with van der Waals surface area (Å²) in [4.78, 5) is 26.8. The summed E-state index contributed by atoms with van der Waals surface area (Å²) in [6.45, 7) is 2.14. The Morgan fingerprint density at radius 2 is 1.90 bits per heavy atom. The van der Waals surface area contributed by atoms with Crippen LogP contribution in [0.2, 0.25) is 0 Å². The van der Waals surface area contributed by atoms with Crippen LogP contribution in [0, 0.1) is 16.7 Å². The zero-order valence-electron chi connectivity index (χ0n) is 16.3. The predicted octanol–water partition coefficient (Wildman–Crippen LogP) is 2.50. The van der Waals surface area contributed by atoms with Crippen molar-refractivity contribution in [3.63, 3.8) is 0 Å². The molecule has 1 heterocycles. The van der Waals surface area contributed by atoms with E-state index in [-0.39, 0.29) is 6.42 Å². The average molecular weight is 404 g/mol. The van der Waals surface area contributed by atoms with Crippen LogP contribution in [0.25, 0.3) is 0 Å². The summed E-state index contributed by atoms with van der Waals surface area (Å²) in [7, 11) is 0. The maximum Gasteiger partial charge on any atom is 0.318 e. The second-order valence-corrected chi connectivity index (χ2v) is 8.00. The van der Waals surface area contributed by atoms with Crippen LogP contribution >= 0.6 is 0 Å². The van der Waals surface area contributed by atoms with Gasteiger partial charge in [0, 0.05) is 45.4 Å². The fraction of sp³-hybridized carbons (Fsp3) is 0.571. The number of piperazine rings is 1. The molecule has 8 heteroatoms. The van der Waals surface area contributed by atoms with Crippen molar-refractivity contribution in [2.45, 2.75) is 44.1 Å². The second kappa shape index (κ2) is 8.87. The molecule has 2 amide bonds. The van der Waals surface area contributed by atoms with E-state index >= 15 is 0 Å². The minimum absolute atomic E-state index is 0.0998. The standard InChI is InChI=1S/C21H26F2N4O2/c22-21(23,12-16-4-2-1-3-5-16)13-17(18(28)14-20(15-24)6-7-20)26-19(29)27-10-8-25-9-11-27/h1-5,17,25H,6-14H2,(H,26,29)/t17-/m0/s1. The molecular formula is C21H26F2N4O2. The highest BCUT2D eigenvalue weighted by atomic mass is 19.3. The molecule has 156 valence electrons. The molecule has 1 aromatic carbocycles. The van der Waals surface area contributed by atoms with Crippen LogP contribution in [0.1, 0.15) is 31.2 Å². The van der Waals surface area contributed by atoms with Gasteiger partial charge < -0.3 is 15.5 Å². The minimum Gasteiger partial charge on any atom is -0.328 e. The number of hydrogen-bond donors (Lipinski definition) is 2. The molecule has 0 unspecified atom stereocenters. The summed E-state index contributed by atoms with van der Waals surface area (Å²) in [6, 6.07) is 8.63. The van der Waals surface area contributed by atoms with Gasteiger partial charge in [-0.15, -0.1) is 0 Å². The first-order valence-corrected chi connectivity index (χ1v) is 9.94. The summed E-state index contributed by atoms with van der Waals surface area (Å²) in [5.74, 6) is -3.66. The lowest BCUT2D eigenvalue weighted by Crippen LogP contribution is -2.54. The first-order valence-electron chi connectivity index (χ1n) is 9.94. The number of ketones is 1. The van der Waals surface area contributed by atoms with Crippen LogP contribution in [0.3, 0.4) is 0 Å². The molecule has 3 rings (SSSR count). The number of carbonyl (C=O) groups is 2. The molecule has 1 saturated carbocycles. The Labute approximate surface area is 169 Å². The number of nitrogens with one attached hydrogen (secondary N) is 2. The molecule has 1 aromatic rings. The van der Waals surface area contributed by atoms with Gasteiger partial charge in [-0.2, -0.15) is 5.26 Å². The molecule has 0 spiro atoms. The van der Waals surface area contributed by atoms with E-state index in [9.17, 15) is 23.6 Å². The van der Waals surface area contributed by atoms with Gasteiger partial charge >= 0.3 is 6.03 Å². The number of nitriles is 1. The van der Waals surface area contributed by atoms with Gasteiger partial charge in [0.15, 0.2) is 5.78 Å². The normalized spacial score (nSPS) is 19.1. The maximum absolute atomic E-state index is 14.8. The Bertz CT molecular complexity index is 769. The van der Waals surface area contributed by atoms with E-state index in [0.717, 1.165) is 0 Å². The van der Waals surface area contributed by atoms with Crippen LogP contribution in [-0.4, -0.2) is 54.9 Å². The Hall–Kier alpha value is -2.53. The third-order valence-corrected chi connectivity index (χ3v) is 5.50. The summed E-state index contributed by atoms with van der Waals surface area (Å²) >= 11 is 0. The Balaban J connectivity index is 1.69. The highest BCUT2D eigenvalue weighted by Gasteiger charge is 2.47. The van der Waals surface area contributed by atoms with Crippen LogP contribution in [-0.2, 0) is 11.2 Å². The van der Waals surface area contributed by atoms with E-state index in [4.69, 9.17) is 0 Å². The first-order chi connectivity index (χ1) is 13.8. The van der Waals surface area contributed by atoms with E-state index < -0.39 is 42.0 Å². The number of benzene rings is 1. The number of carbonyl (C=O) groups excluding carboxylic acids is 2. The second-order valence-electron chi connectivity index (χ2n) is 8.00. The lowest BCUT2D eigenvalue weighted by Gasteiger charge is -2.30. The molecule has 29 heavy (non-hydrogen) atoms. The van der Waals surface area contributed by atoms with E-state index in [1.165, 1.54) is 4.90 Å². The highest BCUT2D eigenvalue weighted by molar-refractivity contribution is 5.89. The van der Waals surface area contributed by atoms with E-state index in [1.54, 1.807) is 30.3 Å². The predicted molar refractivity (Wildman–Crippen MR) is 103 cm³/mol. The van der Waals surface area contributed by atoms with Crippen molar-refractivity contribution in [3.8, 4) is 6.07 Å². The Kier molecular flexibility index (Phi) is 6.48. The lowest BCUT2D eigenvalue weighted by molar-refractivity contribution is -0.124. The molecule has 2 fully saturated rings. The van der Waals surface area contributed by atoms with E-state index in [1.807, 2.05) is 0 Å². The molecule has 2 aliphatic rings. The number of rotatable bonds is 8. The number of halogens is 2. The summed E-state index contributed by atoms with van der Waals surface area (Å²) in [5.41, 5.74) is -0.281. The first kappa shape index (κ1) is 21.2. The monoisotopic (exact) mass is 404 g/mol. The van der Waals surface area contributed by atoms with Crippen molar-refractivity contribution in [2.75, 3.05) is 26.2 Å². The van der Waals surface area contributed by atoms with Crippen molar-refractivity contribution in [1.82, 2.24) is 15.5 Å². The van der Waals surface area contributed by atoms with Crippen LogP contribution in [0.15, 0.2) is 30.3 Å². The van der Waals surface area contributed by atoms with Gasteiger partial charge in [-0.1, -0.05) is 30.3 Å². The highest BCUT2D eigenvalue weighted by Crippen LogP contribution is 2.48.